The lowest BCUT2D eigenvalue weighted by molar-refractivity contribution is 0.219. The molecule has 1 aromatic heterocycles. The van der Waals surface area contributed by atoms with Crippen molar-refractivity contribution in [3.05, 3.63) is 51.2 Å². The smallest absolute Gasteiger partial charge is 0.316 e. The van der Waals surface area contributed by atoms with Crippen molar-refractivity contribution in [1.82, 2.24) is 9.97 Å². The molecule has 0 amide bonds. The van der Waals surface area contributed by atoms with E-state index < -0.39 is 6.10 Å². The Morgan fingerprint density at radius 2 is 1.94 bits per heavy atom. The van der Waals surface area contributed by atoms with Gasteiger partial charge in [0.05, 0.1) is 12.1 Å². The van der Waals surface area contributed by atoms with Gasteiger partial charge in [-0.3, -0.25) is 0 Å². The van der Waals surface area contributed by atoms with Gasteiger partial charge in [-0.05, 0) is 33.6 Å². The average molecular weight is 330 g/mol. The summed E-state index contributed by atoms with van der Waals surface area (Å²) in [5.41, 5.74) is 1.30. The molecule has 1 N–H and O–H groups in total. The molecule has 0 spiro atoms. The third kappa shape index (κ3) is 2.80. The van der Waals surface area contributed by atoms with Crippen LogP contribution in [0.2, 0.25) is 5.02 Å². The first-order valence-electron chi connectivity index (χ1n) is 5.10. The Balaban J connectivity index is 2.28. The molecule has 0 bridgehead atoms. The normalized spacial score (nSPS) is 12.2. The first-order valence-corrected chi connectivity index (χ1v) is 6.28. The van der Waals surface area contributed by atoms with Crippen molar-refractivity contribution in [2.75, 3.05) is 7.11 Å². The molecule has 1 atom stereocenters. The fourth-order valence-electron chi connectivity index (χ4n) is 1.45. The molecule has 0 saturated heterocycles. The highest BCUT2D eigenvalue weighted by Crippen LogP contribution is 2.28. The van der Waals surface area contributed by atoms with Crippen LogP contribution >= 0.6 is 27.5 Å². The van der Waals surface area contributed by atoms with Crippen LogP contribution in [0.15, 0.2) is 35.1 Å². The summed E-state index contributed by atoms with van der Waals surface area (Å²) in [6.07, 6.45) is 2.25. The van der Waals surface area contributed by atoms with E-state index in [0.29, 0.717) is 16.1 Å². The largest absolute Gasteiger partial charge is 0.467 e. The van der Waals surface area contributed by atoms with E-state index in [2.05, 4.69) is 25.9 Å². The van der Waals surface area contributed by atoms with Crippen LogP contribution in [-0.4, -0.2) is 22.2 Å². The van der Waals surface area contributed by atoms with Crippen molar-refractivity contribution in [1.29, 1.82) is 0 Å². The maximum Gasteiger partial charge on any atom is 0.316 e. The highest BCUT2D eigenvalue weighted by atomic mass is 79.9. The molecule has 4 nitrogen and oxygen atoms in total. The van der Waals surface area contributed by atoms with Gasteiger partial charge in [0.25, 0.3) is 0 Å². The van der Waals surface area contributed by atoms with Crippen LogP contribution in [0.25, 0.3) is 0 Å². The molecule has 1 unspecified atom stereocenters. The Bertz CT molecular complexity index is 548. The van der Waals surface area contributed by atoms with Crippen LogP contribution in [0.3, 0.4) is 0 Å². The Labute approximate surface area is 118 Å². The summed E-state index contributed by atoms with van der Waals surface area (Å²) in [4.78, 5) is 7.91. The number of benzene rings is 1. The number of methoxy groups -OCH3 is 1. The van der Waals surface area contributed by atoms with Gasteiger partial charge >= 0.3 is 6.01 Å². The molecule has 0 saturated carbocycles. The minimum Gasteiger partial charge on any atom is -0.467 e. The molecule has 2 rings (SSSR count). The number of rotatable bonds is 3. The molecule has 18 heavy (non-hydrogen) atoms. The molecule has 1 heterocycles. The highest BCUT2D eigenvalue weighted by molar-refractivity contribution is 9.10. The summed E-state index contributed by atoms with van der Waals surface area (Å²) in [7, 11) is 1.49. The zero-order valence-electron chi connectivity index (χ0n) is 9.47. The lowest BCUT2D eigenvalue weighted by Gasteiger charge is -2.11. The molecule has 0 aliphatic carbocycles. The third-order valence-corrected chi connectivity index (χ3v) is 3.62. The zero-order valence-corrected chi connectivity index (χ0v) is 11.8. The summed E-state index contributed by atoms with van der Waals surface area (Å²) in [5, 5.41) is 10.8. The molecular weight excluding hydrogens is 320 g/mol. The van der Waals surface area contributed by atoms with Gasteiger partial charge in [-0.15, -0.1) is 0 Å². The topological polar surface area (TPSA) is 55.2 Å². The van der Waals surface area contributed by atoms with Crippen molar-refractivity contribution in [2.24, 2.45) is 0 Å². The zero-order chi connectivity index (χ0) is 13.1. The lowest BCUT2D eigenvalue weighted by Crippen LogP contribution is -2.02. The molecule has 1 aromatic carbocycles. The maximum absolute atomic E-state index is 10.2. The van der Waals surface area contributed by atoms with Gasteiger partial charge in [0.15, 0.2) is 0 Å². The number of hydrogen-bond donors (Lipinski definition) is 1. The van der Waals surface area contributed by atoms with E-state index >= 15 is 0 Å². The van der Waals surface area contributed by atoms with Gasteiger partial charge in [-0.25, -0.2) is 9.97 Å². The van der Waals surface area contributed by atoms with Crippen LogP contribution in [0.5, 0.6) is 6.01 Å². The number of hydrogen-bond acceptors (Lipinski definition) is 4. The molecule has 0 radical (unpaired) electrons. The molecule has 0 aliphatic rings. The SMILES string of the molecule is COc1ncc(C(O)c2ccc(Cl)c(Br)c2)cn1. The van der Waals surface area contributed by atoms with Gasteiger partial charge in [-0.1, -0.05) is 17.7 Å². The summed E-state index contributed by atoms with van der Waals surface area (Å²) in [6.45, 7) is 0. The second kappa shape index (κ2) is 5.65. The van der Waals surface area contributed by atoms with Crippen molar-refractivity contribution in [2.45, 2.75) is 6.10 Å². The number of ether oxygens (including phenoxy) is 1. The van der Waals surface area contributed by atoms with Crippen molar-refractivity contribution < 1.29 is 9.84 Å². The summed E-state index contributed by atoms with van der Waals surface area (Å²) < 4.78 is 5.59. The third-order valence-electron chi connectivity index (χ3n) is 2.41. The number of aromatic nitrogens is 2. The summed E-state index contributed by atoms with van der Waals surface area (Å²) in [6, 6.07) is 5.50. The van der Waals surface area contributed by atoms with Gasteiger partial charge in [0, 0.05) is 22.4 Å². The average Bonchev–Trinajstić information content (AvgIpc) is 2.41. The molecule has 2 aromatic rings. The van der Waals surface area contributed by atoms with E-state index in [1.165, 1.54) is 19.5 Å². The van der Waals surface area contributed by atoms with Crippen LogP contribution in [0.1, 0.15) is 17.2 Å². The maximum atomic E-state index is 10.2. The van der Waals surface area contributed by atoms with Crippen LogP contribution in [-0.2, 0) is 0 Å². The summed E-state index contributed by atoms with van der Waals surface area (Å²) >= 11 is 9.22. The van der Waals surface area contributed by atoms with Crippen LogP contribution in [0, 0.1) is 0 Å². The van der Waals surface area contributed by atoms with E-state index in [9.17, 15) is 5.11 Å². The number of halogens is 2. The Hall–Kier alpha value is -1.17. The van der Waals surface area contributed by atoms with E-state index in [4.69, 9.17) is 16.3 Å². The van der Waals surface area contributed by atoms with Gasteiger partial charge in [-0.2, -0.15) is 0 Å². The monoisotopic (exact) mass is 328 g/mol. The Morgan fingerprint density at radius 1 is 1.28 bits per heavy atom. The number of aliphatic hydroxyl groups excluding tert-OH is 1. The first-order chi connectivity index (χ1) is 8.61. The molecule has 0 aliphatic heterocycles. The van der Waals surface area contributed by atoms with Crippen molar-refractivity contribution in [3.63, 3.8) is 0 Å². The highest BCUT2D eigenvalue weighted by Gasteiger charge is 2.13. The lowest BCUT2D eigenvalue weighted by atomic mass is 10.0. The van der Waals surface area contributed by atoms with Crippen molar-refractivity contribution in [3.8, 4) is 6.01 Å². The minimum atomic E-state index is -0.801. The fourth-order valence-corrected chi connectivity index (χ4v) is 1.96. The predicted octanol–water partition coefficient (Wildman–Crippen LogP) is 2.98. The Kier molecular flexibility index (Phi) is 4.16. The van der Waals surface area contributed by atoms with E-state index in [0.717, 1.165) is 4.47 Å². The molecule has 6 heteroatoms. The second-order valence-electron chi connectivity index (χ2n) is 3.58. The van der Waals surface area contributed by atoms with E-state index in [1.807, 2.05) is 0 Å². The number of nitrogens with zero attached hydrogens (tertiary/aromatic N) is 2. The predicted molar refractivity (Wildman–Crippen MR) is 71.8 cm³/mol. The fraction of sp³-hybridized carbons (Fsp3) is 0.167. The van der Waals surface area contributed by atoms with Gasteiger partial charge in [0.1, 0.15) is 6.10 Å². The number of aliphatic hydroxyl groups is 1. The minimum absolute atomic E-state index is 0.267. The van der Waals surface area contributed by atoms with E-state index in [1.54, 1.807) is 18.2 Å². The van der Waals surface area contributed by atoms with Crippen molar-refractivity contribution >= 4 is 27.5 Å². The van der Waals surface area contributed by atoms with Gasteiger partial charge < -0.3 is 9.84 Å². The van der Waals surface area contributed by atoms with Gasteiger partial charge in [0.2, 0.25) is 0 Å². The Morgan fingerprint density at radius 3 is 2.50 bits per heavy atom. The molecule has 0 fully saturated rings. The quantitative estimate of drug-likeness (QED) is 0.940. The van der Waals surface area contributed by atoms with E-state index in [-0.39, 0.29) is 6.01 Å². The first kappa shape index (κ1) is 13.3. The van der Waals surface area contributed by atoms with Crippen LogP contribution < -0.4 is 4.74 Å². The molecular formula is C12H10BrClN2O2. The van der Waals surface area contributed by atoms with Crippen LogP contribution in [0.4, 0.5) is 0 Å². The second-order valence-corrected chi connectivity index (χ2v) is 4.84. The standard InChI is InChI=1S/C12H10BrClN2O2/c1-18-12-15-5-8(6-16-12)11(17)7-2-3-10(14)9(13)4-7/h2-6,11,17H,1H3. The molecule has 94 valence electrons. The summed E-state index contributed by atoms with van der Waals surface area (Å²) in [5.74, 6) is 0.